The molecule has 1 N–H and O–H groups in total. The summed E-state index contributed by atoms with van der Waals surface area (Å²) in [5.41, 5.74) is 1.31. The fourth-order valence-electron chi connectivity index (χ4n) is 2.88. The molecule has 0 saturated carbocycles. The third kappa shape index (κ3) is 5.02. The van der Waals surface area contributed by atoms with E-state index >= 15 is 0 Å². The maximum atomic E-state index is 12.6. The van der Waals surface area contributed by atoms with Crippen LogP contribution in [0.25, 0.3) is 17.4 Å². The van der Waals surface area contributed by atoms with E-state index in [1.54, 1.807) is 48.5 Å². The predicted molar refractivity (Wildman–Crippen MR) is 122 cm³/mol. The van der Waals surface area contributed by atoms with E-state index in [-0.39, 0.29) is 4.91 Å². The van der Waals surface area contributed by atoms with Crippen molar-refractivity contribution in [3.8, 4) is 11.3 Å². The van der Waals surface area contributed by atoms with Crippen LogP contribution in [0.15, 0.2) is 70.0 Å². The van der Waals surface area contributed by atoms with Gasteiger partial charge in [-0.05, 0) is 66.4 Å². The summed E-state index contributed by atoms with van der Waals surface area (Å²) in [5.74, 6) is -0.0450. The number of carbonyl (C=O) groups excluding carboxylic acids is 3. The molecular weight excluding hydrogens is 459 g/mol. The number of benzene rings is 2. The molecule has 3 amide bonds. The van der Waals surface area contributed by atoms with Crippen molar-refractivity contribution in [1.29, 1.82) is 0 Å². The van der Waals surface area contributed by atoms with Gasteiger partial charge in [0.2, 0.25) is 5.91 Å². The minimum absolute atomic E-state index is 0.178. The summed E-state index contributed by atoms with van der Waals surface area (Å²) in [6, 6.07) is 17.2. The van der Waals surface area contributed by atoms with Crippen molar-refractivity contribution in [3.05, 3.63) is 81.4 Å². The van der Waals surface area contributed by atoms with Gasteiger partial charge in [-0.25, -0.2) is 0 Å². The molecule has 31 heavy (non-hydrogen) atoms. The molecule has 6 nitrogen and oxygen atoms in total. The van der Waals surface area contributed by atoms with Crippen LogP contribution in [-0.2, 0) is 9.59 Å². The Labute approximate surface area is 191 Å². The fraction of sp³-hybridized carbons (Fsp3) is 0.0455. The summed E-state index contributed by atoms with van der Waals surface area (Å²) in [6.45, 7) is -0.400. The van der Waals surface area contributed by atoms with E-state index in [9.17, 15) is 14.4 Å². The molecule has 1 aliphatic rings. The highest BCUT2D eigenvalue weighted by Gasteiger charge is 2.36. The lowest BCUT2D eigenvalue weighted by molar-refractivity contribution is -0.127. The van der Waals surface area contributed by atoms with Crippen LogP contribution in [0.1, 0.15) is 5.76 Å². The van der Waals surface area contributed by atoms with Crippen molar-refractivity contribution < 1.29 is 18.8 Å². The number of amides is 3. The van der Waals surface area contributed by atoms with E-state index in [0.29, 0.717) is 27.3 Å². The van der Waals surface area contributed by atoms with E-state index in [0.717, 1.165) is 22.2 Å². The molecular formula is C22H14Cl2N2O4S. The van der Waals surface area contributed by atoms with Gasteiger partial charge in [0.1, 0.15) is 18.1 Å². The number of rotatable bonds is 5. The van der Waals surface area contributed by atoms with Crippen molar-refractivity contribution in [2.24, 2.45) is 0 Å². The zero-order valence-electron chi connectivity index (χ0n) is 15.8. The quantitative estimate of drug-likeness (QED) is 0.465. The Morgan fingerprint density at radius 1 is 1.03 bits per heavy atom. The van der Waals surface area contributed by atoms with Crippen molar-refractivity contribution in [1.82, 2.24) is 4.90 Å². The molecule has 1 aliphatic heterocycles. The zero-order chi connectivity index (χ0) is 22.0. The summed E-state index contributed by atoms with van der Waals surface area (Å²) < 4.78 is 5.75. The van der Waals surface area contributed by atoms with Gasteiger partial charge in [0, 0.05) is 27.4 Å². The van der Waals surface area contributed by atoms with Crippen LogP contribution in [0.4, 0.5) is 10.5 Å². The van der Waals surface area contributed by atoms with Crippen LogP contribution in [-0.4, -0.2) is 28.5 Å². The normalized spacial score (nSPS) is 15.0. The van der Waals surface area contributed by atoms with Gasteiger partial charge >= 0.3 is 0 Å². The van der Waals surface area contributed by atoms with E-state index in [2.05, 4.69) is 5.32 Å². The van der Waals surface area contributed by atoms with Gasteiger partial charge in [0.25, 0.3) is 11.1 Å². The van der Waals surface area contributed by atoms with E-state index in [1.165, 1.54) is 6.08 Å². The van der Waals surface area contributed by atoms with Crippen LogP contribution in [0, 0.1) is 0 Å². The molecule has 1 fully saturated rings. The van der Waals surface area contributed by atoms with Gasteiger partial charge in [-0.3, -0.25) is 19.3 Å². The lowest BCUT2D eigenvalue weighted by atomic mass is 10.2. The van der Waals surface area contributed by atoms with E-state index in [1.807, 2.05) is 12.1 Å². The van der Waals surface area contributed by atoms with E-state index in [4.69, 9.17) is 27.6 Å². The van der Waals surface area contributed by atoms with Gasteiger partial charge in [0.05, 0.1) is 4.91 Å². The summed E-state index contributed by atoms with van der Waals surface area (Å²) >= 11 is 12.5. The molecule has 0 aliphatic carbocycles. The van der Waals surface area contributed by atoms with E-state index < -0.39 is 23.6 Å². The molecule has 4 rings (SSSR count). The van der Waals surface area contributed by atoms with Gasteiger partial charge in [0.15, 0.2) is 0 Å². The zero-order valence-corrected chi connectivity index (χ0v) is 18.1. The number of anilines is 1. The first-order valence-electron chi connectivity index (χ1n) is 9.05. The molecule has 0 atom stereocenters. The maximum absolute atomic E-state index is 12.6. The number of carbonyl (C=O) groups is 3. The number of imide groups is 1. The molecule has 9 heteroatoms. The average molecular weight is 473 g/mol. The number of nitrogens with zero attached hydrogens (tertiary/aromatic N) is 1. The Morgan fingerprint density at radius 3 is 2.55 bits per heavy atom. The SMILES string of the molecule is O=C(CN1C(=O)S/C(=C/c2ccc(-c3ccc(Cl)cc3)o2)C1=O)Nc1cccc(Cl)c1. The number of nitrogens with one attached hydrogen (secondary N) is 1. The number of hydrogen-bond donors (Lipinski definition) is 1. The lowest BCUT2D eigenvalue weighted by Crippen LogP contribution is -2.36. The standard InChI is InChI=1S/C22H14Cl2N2O4S/c23-14-6-4-13(5-7-14)18-9-8-17(30-18)11-19-21(28)26(22(29)31-19)12-20(27)25-16-3-1-2-15(24)10-16/h1-11H,12H2,(H,25,27)/b19-11+. The van der Waals surface area contributed by atoms with Crippen LogP contribution in [0.3, 0.4) is 0 Å². The smallest absolute Gasteiger partial charge is 0.294 e. The third-order valence-corrected chi connectivity index (χ3v) is 5.71. The Morgan fingerprint density at radius 2 is 1.81 bits per heavy atom. The number of hydrogen-bond acceptors (Lipinski definition) is 5. The van der Waals surface area contributed by atoms with Crippen LogP contribution < -0.4 is 5.32 Å². The van der Waals surface area contributed by atoms with Crippen LogP contribution in [0.5, 0.6) is 0 Å². The highest BCUT2D eigenvalue weighted by atomic mass is 35.5. The highest BCUT2D eigenvalue weighted by molar-refractivity contribution is 8.18. The summed E-state index contributed by atoms with van der Waals surface area (Å²) in [7, 11) is 0. The molecule has 0 bridgehead atoms. The lowest BCUT2D eigenvalue weighted by Gasteiger charge is -2.12. The first kappa shape index (κ1) is 21.2. The fourth-order valence-corrected chi connectivity index (χ4v) is 4.01. The Bertz CT molecular complexity index is 1200. The van der Waals surface area contributed by atoms with Crippen molar-refractivity contribution in [2.75, 3.05) is 11.9 Å². The molecule has 0 radical (unpaired) electrons. The molecule has 2 aromatic carbocycles. The maximum Gasteiger partial charge on any atom is 0.294 e. The molecule has 1 aromatic heterocycles. The van der Waals surface area contributed by atoms with Crippen molar-refractivity contribution in [2.45, 2.75) is 0 Å². The average Bonchev–Trinajstić information content (AvgIpc) is 3.29. The van der Waals surface area contributed by atoms with Gasteiger partial charge in [-0.15, -0.1) is 0 Å². The second-order valence-electron chi connectivity index (χ2n) is 6.54. The predicted octanol–water partition coefficient (Wildman–Crippen LogP) is 5.93. The number of furan rings is 1. The molecule has 2 heterocycles. The third-order valence-electron chi connectivity index (χ3n) is 4.31. The first-order chi connectivity index (χ1) is 14.9. The summed E-state index contributed by atoms with van der Waals surface area (Å²) in [4.78, 5) is 38.2. The van der Waals surface area contributed by atoms with Crippen molar-refractivity contribution >= 4 is 63.8 Å². The highest BCUT2D eigenvalue weighted by Crippen LogP contribution is 2.33. The largest absolute Gasteiger partial charge is 0.457 e. The van der Waals surface area contributed by atoms with Crippen LogP contribution in [0.2, 0.25) is 10.0 Å². The minimum atomic E-state index is -0.555. The molecule has 1 saturated heterocycles. The van der Waals surface area contributed by atoms with Gasteiger partial charge in [-0.2, -0.15) is 0 Å². The summed E-state index contributed by atoms with van der Waals surface area (Å²) in [5, 5.41) is 3.16. The number of thioether (sulfide) groups is 1. The Hall–Kier alpha value is -3.00. The van der Waals surface area contributed by atoms with Crippen molar-refractivity contribution in [3.63, 3.8) is 0 Å². The minimum Gasteiger partial charge on any atom is -0.457 e. The Kier molecular flexibility index (Phi) is 6.18. The first-order valence-corrected chi connectivity index (χ1v) is 10.6. The second-order valence-corrected chi connectivity index (χ2v) is 8.40. The monoisotopic (exact) mass is 472 g/mol. The molecule has 3 aromatic rings. The van der Waals surface area contributed by atoms with Gasteiger partial charge in [-0.1, -0.05) is 29.3 Å². The Balaban J connectivity index is 1.45. The summed E-state index contributed by atoms with van der Waals surface area (Å²) in [6.07, 6.45) is 1.49. The molecule has 156 valence electrons. The second kappa shape index (κ2) is 9.01. The molecule has 0 spiro atoms. The topological polar surface area (TPSA) is 79.6 Å². The van der Waals surface area contributed by atoms with Crippen LogP contribution >= 0.6 is 35.0 Å². The molecule has 0 unspecified atom stereocenters. The van der Waals surface area contributed by atoms with Gasteiger partial charge < -0.3 is 9.73 Å². The number of halogens is 2.